The van der Waals surface area contributed by atoms with E-state index in [2.05, 4.69) is 10.2 Å². The average Bonchev–Trinajstić information content (AvgIpc) is 3.20. The van der Waals surface area contributed by atoms with Crippen molar-refractivity contribution in [3.63, 3.8) is 0 Å². The summed E-state index contributed by atoms with van der Waals surface area (Å²) >= 11 is 0. The molecule has 2 heterocycles. The normalized spacial score (nSPS) is 12.0. The van der Waals surface area contributed by atoms with Crippen molar-refractivity contribution in [3.8, 4) is 11.5 Å². The summed E-state index contributed by atoms with van der Waals surface area (Å²) in [4.78, 5) is 11.8. The first-order valence-electron chi connectivity index (χ1n) is 6.37. The number of hydrogen-bond donors (Lipinski definition) is 0. The van der Waals surface area contributed by atoms with Crippen LogP contribution >= 0.6 is 0 Å². The highest BCUT2D eigenvalue weighted by Crippen LogP contribution is 2.22. The molecule has 2 aromatic heterocycles. The number of rotatable bonds is 4. The van der Waals surface area contributed by atoms with Gasteiger partial charge in [-0.3, -0.25) is 0 Å². The van der Waals surface area contributed by atoms with E-state index >= 15 is 0 Å². The van der Waals surface area contributed by atoms with E-state index in [9.17, 15) is 4.79 Å². The summed E-state index contributed by atoms with van der Waals surface area (Å²) < 4.78 is 15.7. The number of carbonyl (C=O) groups is 1. The zero-order valence-electron chi connectivity index (χ0n) is 11.2. The molecule has 0 bridgehead atoms. The Kier molecular flexibility index (Phi) is 3.51. The summed E-state index contributed by atoms with van der Waals surface area (Å²) in [6.45, 7) is 1.66. The highest BCUT2D eigenvalue weighted by atomic mass is 16.6. The van der Waals surface area contributed by atoms with E-state index in [4.69, 9.17) is 13.6 Å². The molecule has 106 valence electrons. The van der Waals surface area contributed by atoms with Crippen LogP contribution in [0.4, 0.5) is 0 Å². The molecule has 0 saturated heterocycles. The van der Waals surface area contributed by atoms with Crippen molar-refractivity contribution in [2.75, 3.05) is 0 Å². The van der Waals surface area contributed by atoms with Crippen LogP contribution in [0.25, 0.3) is 11.5 Å². The van der Waals surface area contributed by atoms with Crippen LogP contribution in [0.3, 0.4) is 0 Å². The molecule has 0 aliphatic carbocycles. The van der Waals surface area contributed by atoms with Crippen LogP contribution in [-0.2, 0) is 4.74 Å². The summed E-state index contributed by atoms with van der Waals surface area (Å²) in [6, 6.07) is 12.5. The van der Waals surface area contributed by atoms with E-state index in [-0.39, 0.29) is 11.7 Å². The fraction of sp³-hybridized carbons (Fsp3) is 0.133. The van der Waals surface area contributed by atoms with E-state index in [0.717, 1.165) is 5.56 Å². The first kappa shape index (κ1) is 13.1. The number of nitrogens with zero attached hydrogens (tertiary/aromatic N) is 2. The van der Waals surface area contributed by atoms with Gasteiger partial charge in [0.05, 0.1) is 6.26 Å². The summed E-state index contributed by atoms with van der Waals surface area (Å²) in [7, 11) is 0. The minimum Gasteiger partial charge on any atom is -0.457 e. The third-order valence-electron chi connectivity index (χ3n) is 2.82. The molecule has 0 spiro atoms. The molecule has 6 heteroatoms. The summed E-state index contributed by atoms with van der Waals surface area (Å²) in [5.74, 6) is 0.164. The van der Waals surface area contributed by atoms with Gasteiger partial charge in [-0.15, -0.1) is 10.2 Å². The van der Waals surface area contributed by atoms with Crippen LogP contribution in [0.5, 0.6) is 0 Å². The van der Waals surface area contributed by atoms with Crippen LogP contribution in [0.1, 0.15) is 29.5 Å². The number of hydrogen-bond acceptors (Lipinski definition) is 6. The van der Waals surface area contributed by atoms with Gasteiger partial charge in [-0.05, 0) is 31.2 Å². The number of esters is 1. The molecule has 0 amide bonds. The molecule has 1 aromatic carbocycles. The molecule has 0 radical (unpaired) electrons. The molecule has 1 atom stereocenters. The smallest absolute Gasteiger partial charge is 0.374 e. The highest BCUT2D eigenvalue weighted by Gasteiger charge is 2.21. The first-order valence-corrected chi connectivity index (χ1v) is 6.37. The van der Waals surface area contributed by atoms with E-state index in [1.54, 1.807) is 13.0 Å². The van der Waals surface area contributed by atoms with Crippen LogP contribution in [0.2, 0.25) is 0 Å². The van der Waals surface area contributed by atoms with Crippen molar-refractivity contribution in [2.24, 2.45) is 0 Å². The van der Waals surface area contributed by atoms with Crippen molar-refractivity contribution in [1.82, 2.24) is 10.2 Å². The minimum absolute atomic E-state index is 0.129. The second-order valence-electron chi connectivity index (χ2n) is 4.34. The Hall–Kier alpha value is -2.89. The van der Waals surface area contributed by atoms with Gasteiger partial charge in [0, 0.05) is 5.56 Å². The van der Waals surface area contributed by atoms with Gasteiger partial charge in [0.1, 0.15) is 0 Å². The monoisotopic (exact) mass is 284 g/mol. The maximum atomic E-state index is 11.8. The molecule has 21 heavy (non-hydrogen) atoms. The predicted octanol–water partition coefficient (Wildman–Crippen LogP) is 3.25. The van der Waals surface area contributed by atoms with Crippen LogP contribution < -0.4 is 0 Å². The van der Waals surface area contributed by atoms with Gasteiger partial charge in [-0.2, -0.15) is 0 Å². The Morgan fingerprint density at radius 3 is 2.67 bits per heavy atom. The van der Waals surface area contributed by atoms with Crippen molar-refractivity contribution in [2.45, 2.75) is 13.0 Å². The third-order valence-corrected chi connectivity index (χ3v) is 2.82. The van der Waals surface area contributed by atoms with Gasteiger partial charge in [-0.25, -0.2) is 4.79 Å². The second-order valence-corrected chi connectivity index (χ2v) is 4.34. The molecular weight excluding hydrogens is 272 g/mol. The van der Waals surface area contributed by atoms with E-state index in [0.29, 0.717) is 5.89 Å². The van der Waals surface area contributed by atoms with Crippen LogP contribution in [0.15, 0.2) is 57.6 Å². The fourth-order valence-electron chi connectivity index (χ4n) is 1.76. The zero-order chi connectivity index (χ0) is 14.7. The zero-order valence-corrected chi connectivity index (χ0v) is 11.2. The van der Waals surface area contributed by atoms with E-state index in [1.165, 1.54) is 12.3 Å². The average molecular weight is 284 g/mol. The standard InChI is InChI=1S/C15H12N2O4/c1-10(20-15(18)12-8-5-9-19-12)13-16-17-14(21-13)11-6-3-2-4-7-11/h2-10H,1H3/t10-/m1/s1. The van der Waals surface area contributed by atoms with E-state index < -0.39 is 12.1 Å². The highest BCUT2D eigenvalue weighted by molar-refractivity contribution is 5.86. The fourth-order valence-corrected chi connectivity index (χ4v) is 1.76. The van der Waals surface area contributed by atoms with Gasteiger partial charge in [0.2, 0.25) is 11.7 Å². The Morgan fingerprint density at radius 1 is 1.14 bits per heavy atom. The van der Waals surface area contributed by atoms with Gasteiger partial charge in [0.25, 0.3) is 5.89 Å². The maximum absolute atomic E-state index is 11.8. The SMILES string of the molecule is C[C@@H](OC(=O)c1ccco1)c1nnc(-c2ccccc2)o1. The molecule has 6 nitrogen and oxygen atoms in total. The summed E-state index contributed by atoms with van der Waals surface area (Å²) in [5.41, 5.74) is 0.806. The van der Waals surface area contributed by atoms with Crippen LogP contribution in [-0.4, -0.2) is 16.2 Å². The predicted molar refractivity (Wildman–Crippen MR) is 72.3 cm³/mol. The molecule has 0 unspecified atom stereocenters. The lowest BCUT2D eigenvalue weighted by molar-refractivity contribution is 0.0244. The van der Waals surface area contributed by atoms with Crippen molar-refractivity contribution < 1.29 is 18.4 Å². The van der Waals surface area contributed by atoms with Crippen molar-refractivity contribution >= 4 is 5.97 Å². The molecular formula is C15H12N2O4. The Balaban J connectivity index is 1.73. The Labute approximate surface area is 120 Å². The molecule has 0 aliphatic heterocycles. The largest absolute Gasteiger partial charge is 0.457 e. The number of furan rings is 1. The van der Waals surface area contributed by atoms with Gasteiger partial charge < -0.3 is 13.6 Å². The number of benzene rings is 1. The van der Waals surface area contributed by atoms with Crippen molar-refractivity contribution in [3.05, 3.63) is 60.4 Å². The number of carbonyl (C=O) groups excluding carboxylic acids is 1. The number of ether oxygens (including phenoxy) is 1. The molecule has 0 N–H and O–H groups in total. The molecule has 0 saturated carbocycles. The van der Waals surface area contributed by atoms with Gasteiger partial charge in [-0.1, -0.05) is 18.2 Å². The lowest BCUT2D eigenvalue weighted by atomic mass is 10.2. The third kappa shape index (κ3) is 2.84. The van der Waals surface area contributed by atoms with E-state index in [1.807, 2.05) is 30.3 Å². The quantitative estimate of drug-likeness (QED) is 0.684. The first-order chi connectivity index (χ1) is 10.2. The van der Waals surface area contributed by atoms with Gasteiger partial charge in [0.15, 0.2) is 6.10 Å². The molecule has 3 aromatic rings. The minimum atomic E-state index is -0.660. The Morgan fingerprint density at radius 2 is 1.95 bits per heavy atom. The number of aromatic nitrogens is 2. The molecule has 0 fully saturated rings. The maximum Gasteiger partial charge on any atom is 0.374 e. The van der Waals surface area contributed by atoms with Gasteiger partial charge >= 0.3 is 5.97 Å². The summed E-state index contributed by atoms with van der Waals surface area (Å²) in [6.07, 6.45) is 0.745. The lowest BCUT2D eigenvalue weighted by Crippen LogP contribution is -2.08. The Bertz CT molecular complexity index is 719. The molecule has 3 rings (SSSR count). The topological polar surface area (TPSA) is 78.4 Å². The molecule has 0 aliphatic rings. The van der Waals surface area contributed by atoms with Crippen LogP contribution in [0, 0.1) is 0 Å². The lowest BCUT2D eigenvalue weighted by Gasteiger charge is -2.07. The summed E-state index contributed by atoms with van der Waals surface area (Å²) in [5, 5.41) is 7.85. The van der Waals surface area contributed by atoms with Crippen molar-refractivity contribution in [1.29, 1.82) is 0 Å². The second kappa shape index (κ2) is 5.62.